The van der Waals surface area contributed by atoms with E-state index in [4.69, 9.17) is 11.6 Å². The first-order valence-corrected chi connectivity index (χ1v) is 8.02. The van der Waals surface area contributed by atoms with Gasteiger partial charge in [0.05, 0.1) is 5.02 Å². The maximum atomic E-state index is 13.1. The van der Waals surface area contributed by atoms with Crippen LogP contribution in [-0.2, 0) is 14.4 Å². The lowest BCUT2D eigenvalue weighted by Gasteiger charge is -2.20. The first-order valence-electron chi connectivity index (χ1n) is 7.64. The zero-order valence-electron chi connectivity index (χ0n) is 13.1. The maximum Gasteiger partial charge on any atom is 0.246 e. The Kier molecular flexibility index (Phi) is 6.49. The van der Waals surface area contributed by atoms with Gasteiger partial charge in [0.15, 0.2) is 0 Å². The van der Waals surface area contributed by atoms with Crippen molar-refractivity contribution in [3.63, 3.8) is 0 Å². The largest absolute Gasteiger partial charge is 0.340 e. The second kappa shape index (κ2) is 8.59. The summed E-state index contributed by atoms with van der Waals surface area (Å²) in [7, 11) is 0. The van der Waals surface area contributed by atoms with Crippen LogP contribution in [0.1, 0.15) is 18.4 Å². The Morgan fingerprint density at radius 3 is 2.79 bits per heavy atom. The molecule has 0 saturated carbocycles. The number of halogens is 2. The highest BCUT2D eigenvalue weighted by Gasteiger charge is 2.22. The number of rotatable bonds is 5. The number of amides is 2. The number of nitrogens with zero attached hydrogens (tertiary/aromatic N) is 2. The van der Waals surface area contributed by atoms with Crippen molar-refractivity contribution in [2.24, 2.45) is 0 Å². The molecule has 5 nitrogen and oxygen atoms in total. The fourth-order valence-corrected chi connectivity index (χ4v) is 2.61. The summed E-state index contributed by atoms with van der Waals surface area (Å²) in [6.07, 6.45) is 4.25. The fourth-order valence-electron chi connectivity index (χ4n) is 2.42. The first-order chi connectivity index (χ1) is 11.5. The first kappa shape index (κ1) is 18.1. The molecule has 1 aliphatic rings. The lowest BCUT2D eigenvalue weighted by molar-refractivity contribution is -0.130. The third-order valence-corrected chi connectivity index (χ3v) is 4.07. The third-order valence-electron chi connectivity index (χ3n) is 3.78. The van der Waals surface area contributed by atoms with E-state index in [1.165, 1.54) is 24.3 Å². The van der Waals surface area contributed by atoms with Crippen LogP contribution in [-0.4, -0.2) is 54.1 Å². The molecule has 1 fully saturated rings. The van der Waals surface area contributed by atoms with E-state index in [2.05, 4.69) is 0 Å². The summed E-state index contributed by atoms with van der Waals surface area (Å²) in [5.74, 6) is -0.788. The Morgan fingerprint density at radius 2 is 2.08 bits per heavy atom. The zero-order valence-corrected chi connectivity index (χ0v) is 13.8. The van der Waals surface area contributed by atoms with Gasteiger partial charge in [-0.3, -0.25) is 9.59 Å². The summed E-state index contributed by atoms with van der Waals surface area (Å²) in [5, 5.41) is -0.00390. The number of hydrogen-bond acceptors (Lipinski definition) is 3. The second-order valence-electron chi connectivity index (χ2n) is 5.42. The lowest BCUT2D eigenvalue weighted by Crippen LogP contribution is -2.35. The van der Waals surface area contributed by atoms with Gasteiger partial charge in [0.2, 0.25) is 11.8 Å². The van der Waals surface area contributed by atoms with E-state index in [0.717, 1.165) is 6.29 Å². The van der Waals surface area contributed by atoms with Crippen molar-refractivity contribution in [3.05, 3.63) is 40.7 Å². The van der Waals surface area contributed by atoms with Gasteiger partial charge in [-0.2, -0.15) is 0 Å². The smallest absolute Gasteiger partial charge is 0.246 e. The van der Waals surface area contributed by atoms with E-state index in [0.29, 0.717) is 38.2 Å². The average molecular weight is 353 g/mol. The number of benzene rings is 1. The molecule has 128 valence electrons. The molecule has 0 spiro atoms. The fraction of sp³-hybridized carbons (Fsp3) is 0.353. The summed E-state index contributed by atoms with van der Waals surface area (Å²) >= 11 is 5.70. The molecule has 1 aliphatic heterocycles. The topological polar surface area (TPSA) is 57.7 Å². The molecular weight excluding hydrogens is 335 g/mol. The van der Waals surface area contributed by atoms with Crippen molar-refractivity contribution in [3.8, 4) is 0 Å². The second-order valence-corrected chi connectivity index (χ2v) is 5.83. The van der Waals surface area contributed by atoms with Crippen LogP contribution >= 0.6 is 11.6 Å². The minimum absolute atomic E-state index is 0.00390. The Bertz CT molecular complexity index is 663. The van der Waals surface area contributed by atoms with Crippen LogP contribution < -0.4 is 0 Å². The van der Waals surface area contributed by atoms with Gasteiger partial charge in [0, 0.05) is 45.1 Å². The van der Waals surface area contributed by atoms with Gasteiger partial charge < -0.3 is 14.6 Å². The van der Waals surface area contributed by atoms with Gasteiger partial charge in [-0.1, -0.05) is 17.7 Å². The maximum absolute atomic E-state index is 13.1. The third kappa shape index (κ3) is 4.89. The average Bonchev–Trinajstić information content (AvgIpc) is 2.75. The predicted molar refractivity (Wildman–Crippen MR) is 88.9 cm³/mol. The van der Waals surface area contributed by atoms with Gasteiger partial charge in [-0.15, -0.1) is 0 Å². The predicted octanol–water partition coefficient (Wildman–Crippen LogP) is 2.14. The standard InChI is InChI=1S/C17H18ClFN2O3/c18-14-12-13(2-4-15(14)19)3-5-16(23)21-8-6-17(24)20(9-10-21)7-1-11-22/h2-5,11-12H,1,6-10H2/b5-3+. The molecule has 1 saturated heterocycles. The molecule has 1 aromatic carbocycles. The van der Waals surface area contributed by atoms with Crippen molar-refractivity contribution < 1.29 is 18.8 Å². The van der Waals surface area contributed by atoms with Crippen LogP contribution in [0.2, 0.25) is 5.02 Å². The van der Waals surface area contributed by atoms with E-state index in [-0.39, 0.29) is 23.3 Å². The molecule has 1 heterocycles. The molecular formula is C17H18ClFN2O3. The molecule has 0 unspecified atom stereocenters. The number of aldehydes is 1. The highest BCUT2D eigenvalue weighted by molar-refractivity contribution is 6.30. The van der Waals surface area contributed by atoms with Gasteiger partial charge in [0.1, 0.15) is 12.1 Å². The van der Waals surface area contributed by atoms with Crippen LogP contribution in [0.25, 0.3) is 6.08 Å². The summed E-state index contributed by atoms with van der Waals surface area (Å²) < 4.78 is 13.1. The molecule has 0 bridgehead atoms. The van der Waals surface area contributed by atoms with E-state index in [1.807, 2.05) is 0 Å². The van der Waals surface area contributed by atoms with E-state index in [1.54, 1.807) is 15.9 Å². The molecule has 0 radical (unpaired) electrons. The van der Waals surface area contributed by atoms with Gasteiger partial charge in [0.25, 0.3) is 0 Å². The molecule has 0 aromatic heterocycles. The summed E-state index contributed by atoms with van der Waals surface area (Å²) in [5.41, 5.74) is 0.619. The van der Waals surface area contributed by atoms with Crippen molar-refractivity contribution in [1.82, 2.24) is 9.80 Å². The van der Waals surface area contributed by atoms with Crippen LogP contribution in [0, 0.1) is 5.82 Å². The highest BCUT2D eigenvalue weighted by atomic mass is 35.5. The van der Waals surface area contributed by atoms with Crippen molar-refractivity contribution in [2.75, 3.05) is 26.2 Å². The minimum atomic E-state index is -0.512. The number of hydrogen-bond donors (Lipinski definition) is 0. The van der Waals surface area contributed by atoms with Crippen molar-refractivity contribution in [2.45, 2.75) is 12.8 Å². The Labute approximate surface area is 144 Å². The molecule has 0 N–H and O–H groups in total. The molecule has 24 heavy (non-hydrogen) atoms. The van der Waals surface area contributed by atoms with Crippen molar-refractivity contribution in [1.29, 1.82) is 0 Å². The van der Waals surface area contributed by atoms with Crippen LogP contribution in [0.3, 0.4) is 0 Å². The molecule has 0 atom stereocenters. The quantitative estimate of drug-likeness (QED) is 0.602. The summed E-state index contributed by atoms with van der Waals surface area (Å²) in [6.45, 7) is 1.55. The molecule has 0 aliphatic carbocycles. The van der Waals surface area contributed by atoms with Crippen LogP contribution in [0.4, 0.5) is 4.39 Å². The zero-order chi connectivity index (χ0) is 17.5. The Hall–Kier alpha value is -2.21. The van der Waals surface area contributed by atoms with E-state index in [9.17, 15) is 18.8 Å². The van der Waals surface area contributed by atoms with E-state index >= 15 is 0 Å². The van der Waals surface area contributed by atoms with Gasteiger partial charge in [-0.25, -0.2) is 4.39 Å². The highest BCUT2D eigenvalue weighted by Crippen LogP contribution is 2.17. The molecule has 1 aromatic rings. The number of carbonyl (C=O) groups excluding carboxylic acids is 3. The Morgan fingerprint density at radius 1 is 1.29 bits per heavy atom. The minimum Gasteiger partial charge on any atom is -0.340 e. The number of carbonyl (C=O) groups is 3. The summed E-state index contributed by atoms with van der Waals surface area (Å²) in [4.78, 5) is 37.8. The molecule has 2 rings (SSSR count). The normalized spacial score (nSPS) is 15.7. The summed E-state index contributed by atoms with van der Waals surface area (Å²) in [6, 6.07) is 4.20. The SMILES string of the molecule is O=CCCN1CCN(C(=O)/C=C/c2ccc(F)c(Cl)c2)CCC1=O. The van der Waals surface area contributed by atoms with Crippen molar-refractivity contribution >= 4 is 35.8 Å². The molecule has 2 amide bonds. The Balaban J connectivity index is 1.96. The van der Waals surface area contributed by atoms with E-state index < -0.39 is 5.82 Å². The molecule has 7 heteroatoms. The van der Waals surface area contributed by atoms with Crippen LogP contribution in [0.15, 0.2) is 24.3 Å². The van der Waals surface area contributed by atoms with Gasteiger partial charge >= 0.3 is 0 Å². The van der Waals surface area contributed by atoms with Gasteiger partial charge in [-0.05, 0) is 23.8 Å². The lowest BCUT2D eigenvalue weighted by atomic mass is 10.2. The monoisotopic (exact) mass is 352 g/mol. The van der Waals surface area contributed by atoms with Crippen LogP contribution in [0.5, 0.6) is 0 Å².